The molecule has 4 heteroatoms. The average molecular weight is 214 g/mol. The van der Waals surface area contributed by atoms with E-state index in [2.05, 4.69) is 24.2 Å². The van der Waals surface area contributed by atoms with Gasteiger partial charge in [-0.1, -0.05) is 25.6 Å². The molecule has 14 heavy (non-hydrogen) atoms. The van der Waals surface area contributed by atoms with E-state index in [1.54, 1.807) is 0 Å². The van der Waals surface area contributed by atoms with Gasteiger partial charge >= 0.3 is 0 Å². The molecule has 2 aliphatic rings. The van der Waals surface area contributed by atoms with Crippen molar-refractivity contribution in [2.24, 2.45) is 10.4 Å². The minimum absolute atomic E-state index is 0.314. The summed E-state index contributed by atoms with van der Waals surface area (Å²) in [5.41, 5.74) is 0.314. The van der Waals surface area contributed by atoms with Crippen LogP contribution in [0.3, 0.4) is 0 Å². The van der Waals surface area contributed by atoms with Crippen LogP contribution >= 0.6 is 11.8 Å². The van der Waals surface area contributed by atoms with Crippen molar-refractivity contribution < 1.29 is 4.74 Å². The standard InChI is InChI=1S/C10H18N2OS/c1-8-5-11-9(14-8)12-6-10(2)3-4-13-7-10/h8H,3-7H2,1-2H3,(H,11,12). The summed E-state index contributed by atoms with van der Waals surface area (Å²) in [6.45, 7) is 8.23. The van der Waals surface area contributed by atoms with Gasteiger partial charge in [0, 0.05) is 23.8 Å². The smallest absolute Gasteiger partial charge is 0.156 e. The highest BCUT2D eigenvalue weighted by Gasteiger charge is 2.30. The first-order valence-electron chi connectivity index (χ1n) is 5.21. The van der Waals surface area contributed by atoms with Crippen LogP contribution in [0.15, 0.2) is 4.99 Å². The number of thioether (sulfide) groups is 1. The third-order valence-corrected chi connectivity index (χ3v) is 3.82. The molecule has 2 atom stereocenters. The summed E-state index contributed by atoms with van der Waals surface area (Å²) in [6.07, 6.45) is 1.16. The largest absolute Gasteiger partial charge is 0.381 e. The molecule has 0 bridgehead atoms. The average Bonchev–Trinajstić information content (AvgIpc) is 2.73. The number of amidine groups is 1. The lowest BCUT2D eigenvalue weighted by Crippen LogP contribution is -2.34. The Morgan fingerprint density at radius 2 is 2.57 bits per heavy atom. The highest BCUT2D eigenvalue weighted by atomic mass is 32.2. The Hall–Kier alpha value is -0.220. The Balaban J connectivity index is 1.77. The molecule has 80 valence electrons. The molecule has 0 radical (unpaired) electrons. The molecule has 3 nitrogen and oxygen atoms in total. The summed E-state index contributed by atoms with van der Waals surface area (Å²) >= 11 is 1.85. The molecule has 0 aromatic carbocycles. The Morgan fingerprint density at radius 3 is 3.14 bits per heavy atom. The fourth-order valence-corrected chi connectivity index (χ4v) is 2.55. The monoisotopic (exact) mass is 214 g/mol. The van der Waals surface area contributed by atoms with Crippen LogP contribution in [0.25, 0.3) is 0 Å². The van der Waals surface area contributed by atoms with Crippen molar-refractivity contribution in [2.75, 3.05) is 26.3 Å². The molecule has 0 aliphatic carbocycles. The highest BCUT2D eigenvalue weighted by molar-refractivity contribution is 8.14. The predicted molar refractivity (Wildman–Crippen MR) is 60.9 cm³/mol. The van der Waals surface area contributed by atoms with Gasteiger partial charge in [-0.25, -0.2) is 0 Å². The number of nitrogens with one attached hydrogen (secondary N) is 1. The van der Waals surface area contributed by atoms with Gasteiger partial charge in [0.2, 0.25) is 0 Å². The van der Waals surface area contributed by atoms with Gasteiger partial charge in [0.1, 0.15) is 0 Å². The molecule has 2 unspecified atom stereocenters. The fourth-order valence-electron chi connectivity index (χ4n) is 1.71. The molecule has 2 aliphatic heterocycles. The molecule has 0 saturated carbocycles. The first-order valence-corrected chi connectivity index (χ1v) is 6.09. The molecule has 1 N–H and O–H groups in total. The van der Waals surface area contributed by atoms with Gasteiger partial charge in [-0.15, -0.1) is 0 Å². The molecule has 1 fully saturated rings. The molecule has 2 rings (SSSR count). The van der Waals surface area contributed by atoms with Gasteiger partial charge in [0.15, 0.2) is 5.17 Å². The summed E-state index contributed by atoms with van der Waals surface area (Å²) in [5, 5.41) is 5.19. The number of hydrogen-bond acceptors (Lipinski definition) is 4. The van der Waals surface area contributed by atoms with Crippen LogP contribution in [0, 0.1) is 5.41 Å². The first kappa shape index (κ1) is 10.3. The van der Waals surface area contributed by atoms with E-state index in [9.17, 15) is 0 Å². The van der Waals surface area contributed by atoms with Gasteiger partial charge in [0.05, 0.1) is 13.2 Å². The molecular formula is C10H18N2OS. The van der Waals surface area contributed by atoms with E-state index >= 15 is 0 Å². The van der Waals surface area contributed by atoms with E-state index in [4.69, 9.17) is 4.74 Å². The molecule has 1 saturated heterocycles. The number of rotatable bonds is 2. The van der Waals surface area contributed by atoms with Crippen molar-refractivity contribution in [3.63, 3.8) is 0 Å². The molecule has 2 heterocycles. The number of ether oxygens (including phenoxy) is 1. The Labute approximate surface area is 89.7 Å². The third-order valence-electron chi connectivity index (χ3n) is 2.77. The number of aliphatic imine (C=N–C) groups is 1. The summed E-state index contributed by atoms with van der Waals surface area (Å²) < 4.78 is 5.41. The van der Waals surface area contributed by atoms with E-state index in [0.717, 1.165) is 37.9 Å². The maximum absolute atomic E-state index is 5.41. The van der Waals surface area contributed by atoms with Crippen LogP contribution in [-0.4, -0.2) is 36.7 Å². The Bertz CT molecular complexity index is 236. The van der Waals surface area contributed by atoms with E-state index < -0.39 is 0 Å². The lowest BCUT2D eigenvalue weighted by molar-refractivity contribution is 0.161. The summed E-state index contributed by atoms with van der Waals surface area (Å²) in [5.74, 6) is 0. The normalized spacial score (nSPS) is 37.3. The van der Waals surface area contributed by atoms with E-state index in [-0.39, 0.29) is 0 Å². The second kappa shape index (κ2) is 4.11. The van der Waals surface area contributed by atoms with Crippen molar-refractivity contribution in [1.29, 1.82) is 0 Å². The van der Waals surface area contributed by atoms with Gasteiger partial charge in [-0.05, 0) is 6.42 Å². The van der Waals surface area contributed by atoms with Gasteiger partial charge in [-0.2, -0.15) is 0 Å². The van der Waals surface area contributed by atoms with Crippen molar-refractivity contribution >= 4 is 16.9 Å². The molecular weight excluding hydrogens is 196 g/mol. The quantitative estimate of drug-likeness (QED) is 0.756. The molecule has 0 aromatic rings. The topological polar surface area (TPSA) is 33.6 Å². The van der Waals surface area contributed by atoms with E-state index in [1.807, 2.05) is 11.8 Å². The van der Waals surface area contributed by atoms with Crippen LogP contribution in [0.5, 0.6) is 0 Å². The molecule has 0 spiro atoms. The Kier molecular flexibility index (Phi) is 3.02. The highest BCUT2D eigenvalue weighted by Crippen LogP contribution is 2.27. The van der Waals surface area contributed by atoms with E-state index in [0.29, 0.717) is 10.7 Å². The van der Waals surface area contributed by atoms with Gasteiger partial charge < -0.3 is 10.1 Å². The van der Waals surface area contributed by atoms with Crippen LogP contribution < -0.4 is 5.32 Å². The minimum atomic E-state index is 0.314. The second-order valence-electron chi connectivity index (χ2n) is 4.54. The first-order chi connectivity index (χ1) is 6.68. The minimum Gasteiger partial charge on any atom is -0.381 e. The third kappa shape index (κ3) is 2.42. The zero-order chi connectivity index (χ0) is 10.0. The van der Waals surface area contributed by atoms with Crippen LogP contribution in [0.1, 0.15) is 20.3 Å². The predicted octanol–water partition coefficient (Wildman–Crippen LogP) is 1.49. The fraction of sp³-hybridized carbons (Fsp3) is 0.900. The van der Waals surface area contributed by atoms with Crippen molar-refractivity contribution in [3.05, 3.63) is 0 Å². The van der Waals surface area contributed by atoms with Crippen LogP contribution in [0.4, 0.5) is 0 Å². The van der Waals surface area contributed by atoms with E-state index in [1.165, 1.54) is 0 Å². The maximum Gasteiger partial charge on any atom is 0.156 e. The van der Waals surface area contributed by atoms with Crippen LogP contribution in [-0.2, 0) is 4.74 Å². The summed E-state index contributed by atoms with van der Waals surface area (Å²) in [7, 11) is 0. The number of nitrogens with zero attached hydrogens (tertiary/aromatic N) is 1. The Morgan fingerprint density at radius 1 is 1.71 bits per heavy atom. The maximum atomic E-state index is 5.41. The van der Waals surface area contributed by atoms with Crippen molar-refractivity contribution in [2.45, 2.75) is 25.5 Å². The summed E-state index contributed by atoms with van der Waals surface area (Å²) in [6, 6.07) is 0. The van der Waals surface area contributed by atoms with Crippen molar-refractivity contribution in [1.82, 2.24) is 5.32 Å². The van der Waals surface area contributed by atoms with Gasteiger partial charge in [-0.3, -0.25) is 4.99 Å². The lowest BCUT2D eigenvalue weighted by Gasteiger charge is -2.22. The van der Waals surface area contributed by atoms with Crippen molar-refractivity contribution in [3.8, 4) is 0 Å². The molecule has 0 aromatic heterocycles. The number of hydrogen-bond donors (Lipinski definition) is 1. The zero-order valence-corrected chi connectivity index (χ0v) is 9.69. The van der Waals surface area contributed by atoms with Crippen LogP contribution in [0.2, 0.25) is 0 Å². The lowest BCUT2D eigenvalue weighted by atomic mass is 9.90. The zero-order valence-electron chi connectivity index (χ0n) is 8.88. The SMILES string of the molecule is CC1CN=C(NCC2(C)CCOC2)S1. The second-order valence-corrected chi connectivity index (χ2v) is 5.97. The molecule has 0 amide bonds. The summed E-state index contributed by atoms with van der Waals surface area (Å²) in [4.78, 5) is 4.44. The van der Waals surface area contributed by atoms with Gasteiger partial charge in [0.25, 0.3) is 0 Å².